The number of primary amides is 1. The molecule has 0 saturated heterocycles. The highest BCUT2D eigenvalue weighted by Gasteiger charge is 2.28. The van der Waals surface area contributed by atoms with Crippen molar-refractivity contribution in [3.05, 3.63) is 16.0 Å². The minimum absolute atomic E-state index is 0.118. The number of hydrogen-bond acceptors (Lipinski definition) is 5. The molecule has 7 heteroatoms. The van der Waals surface area contributed by atoms with E-state index in [4.69, 9.17) is 5.73 Å². The number of carbonyl (C=O) groups is 3. The van der Waals surface area contributed by atoms with Crippen molar-refractivity contribution in [1.29, 1.82) is 0 Å². The van der Waals surface area contributed by atoms with Gasteiger partial charge in [0.05, 0.1) is 12.2 Å². The van der Waals surface area contributed by atoms with Crippen molar-refractivity contribution >= 4 is 34.1 Å². The number of nitrogens with one attached hydrogen (secondary N) is 1. The van der Waals surface area contributed by atoms with E-state index in [0.29, 0.717) is 16.5 Å². The molecule has 0 aromatic carbocycles. The van der Waals surface area contributed by atoms with Crippen LogP contribution in [0.25, 0.3) is 0 Å². The van der Waals surface area contributed by atoms with Crippen LogP contribution in [0.5, 0.6) is 0 Å². The van der Waals surface area contributed by atoms with Crippen molar-refractivity contribution in [3.63, 3.8) is 0 Å². The minimum Gasteiger partial charge on any atom is -0.459 e. The summed E-state index contributed by atoms with van der Waals surface area (Å²) < 4.78 is 4.63. The Morgan fingerprint density at radius 2 is 2.14 bits per heavy atom. The SMILES string of the molecule is CCOC(=O)C(=O)Nc1sc2c(c1C(N)=O)CC[C@@H](C)C2. The van der Waals surface area contributed by atoms with Crippen LogP contribution in [0.2, 0.25) is 0 Å². The molecule has 0 bridgehead atoms. The van der Waals surface area contributed by atoms with Crippen LogP contribution in [0.3, 0.4) is 0 Å². The second-order valence-electron chi connectivity index (χ2n) is 5.09. The molecule has 0 aliphatic heterocycles. The van der Waals surface area contributed by atoms with Crippen molar-refractivity contribution in [2.24, 2.45) is 11.7 Å². The normalized spacial score (nSPS) is 17.0. The maximum atomic E-state index is 11.7. The lowest BCUT2D eigenvalue weighted by Gasteiger charge is -2.18. The summed E-state index contributed by atoms with van der Waals surface area (Å²) in [4.78, 5) is 35.8. The molecule has 0 unspecified atom stereocenters. The third-order valence-electron chi connectivity index (χ3n) is 3.45. The van der Waals surface area contributed by atoms with Gasteiger partial charge in [-0.1, -0.05) is 6.92 Å². The number of carbonyl (C=O) groups excluding carboxylic acids is 3. The number of fused-ring (bicyclic) bond motifs is 1. The summed E-state index contributed by atoms with van der Waals surface area (Å²) in [7, 11) is 0. The van der Waals surface area contributed by atoms with Gasteiger partial charge in [-0.2, -0.15) is 0 Å². The summed E-state index contributed by atoms with van der Waals surface area (Å²) in [5.74, 6) is -1.90. The van der Waals surface area contributed by atoms with Crippen LogP contribution in [0.15, 0.2) is 0 Å². The smallest absolute Gasteiger partial charge is 0.397 e. The average Bonchev–Trinajstić information content (AvgIpc) is 2.75. The number of thiophene rings is 1. The van der Waals surface area contributed by atoms with E-state index in [9.17, 15) is 14.4 Å². The number of anilines is 1. The van der Waals surface area contributed by atoms with Gasteiger partial charge in [0, 0.05) is 4.88 Å². The molecule has 0 spiro atoms. The molecule has 6 nitrogen and oxygen atoms in total. The zero-order valence-corrected chi connectivity index (χ0v) is 12.8. The Labute approximate surface area is 126 Å². The van der Waals surface area contributed by atoms with Gasteiger partial charge >= 0.3 is 11.9 Å². The van der Waals surface area contributed by atoms with Gasteiger partial charge in [-0.25, -0.2) is 4.79 Å². The van der Waals surface area contributed by atoms with Crippen LogP contribution in [0.1, 0.15) is 41.1 Å². The Balaban J connectivity index is 2.29. The van der Waals surface area contributed by atoms with Gasteiger partial charge in [0.2, 0.25) is 0 Å². The molecule has 1 aliphatic carbocycles. The standard InChI is InChI=1S/C14H18N2O4S/c1-3-20-14(19)12(18)16-13-10(11(15)17)8-5-4-7(2)6-9(8)21-13/h7H,3-6H2,1-2H3,(H2,15,17)(H,16,18)/t7-/m1/s1. The summed E-state index contributed by atoms with van der Waals surface area (Å²) in [5.41, 5.74) is 6.67. The Hall–Kier alpha value is -1.89. The van der Waals surface area contributed by atoms with E-state index < -0.39 is 17.8 Å². The fourth-order valence-electron chi connectivity index (χ4n) is 2.45. The highest BCUT2D eigenvalue weighted by Crippen LogP contribution is 2.39. The zero-order chi connectivity index (χ0) is 15.6. The number of amides is 2. The van der Waals surface area contributed by atoms with Gasteiger partial charge < -0.3 is 15.8 Å². The molecule has 1 atom stereocenters. The van der Waals surface area contributed by atoms with Gasteiger partial charge in [-0.05, 0) is 37.7 Å². The molecular weight excluding hydrogens is 292 g/mol. The van der Waals surface area contributed by atoms with E-state index in [1.54, 1.807) is 6.92 Å². The number of ether oxygens (including phenoxy) is 1. The average molecular weight is 310 g/mol. The van der Waals surface area contributed by atoms with Crippen molar-refractivity contribution < 1.29 is 19.1 Å². The molecule has 0 saturated carbocycles. The molecule has 2 rings (SSSR count). The molecule has 1 aromatic rings. The largest absolute Gasteiger partial charge is 0.459 e. The van der Waals surface area contributed by atoms with E-state index in [1.807, 2.05) is 0 Å². The van der Waals surface area contributed by atoms with E-state index in [0.717, 1.165) is 29.7 Å². The van der Waals surface area contributed by atoms with Crippen LogP contribution in [-0.4, -0.2) is 24.4 Å². The Morgan fingerprint density at radius 1 is 1.43 bits per heavy atom. The third-order valence-corrected chi connectivity index (χ3v) is 4.62. The first-order chi connectivity index (χ1) is 9.93. The molecule has 3 N–H and O–H groups in total. The molecular formula is C14H18N2O4S. The lowest BCUT2D eigenvalue weighted by molar-refractivity contribution is -0.152. The molecule has 114 valence electrons. The predicted molar refractivity (Wildman–Crippen MR) is 79.3 cm³/mol. The monoisotopic (exact) mass is 310 g/mol. The maximum absolute atomic E-state index is 11.7. The summed E-state index contributed by atoms with van der Waals surface area (Å²) in [6, 6.07) is 0. The minimum atomic E-state index is -0.965. The van der Waals surface area contributed by atoms with E-state index >= 15 is 0 Å². The van der Waals surface area contributed by atoms with Gasteiger partial charge in [0.15, 0.2) is 0 Å². The van der Waals surface area contributed by atoms with E-state index in [-0.39, 0.29) is 6.61 Å². The van der Waals surface area contributed by atoms with E-state index in [1.165, 1.54) is 11.3 Å². The Kier molecular flexibility index (Phi) is 4.62. The first-order valence-electron chi connectivity index (χ1n) is 6.86. The van der Waals surface area contributed by atoms with Crippen LogP contribution < -0.4 is 11.1 Å². The third kappa shape index (κ3) is 3.24. The van der Waals surface area contributed by atoms with Gasteiger partial charge in [-0.3, -0.25) is 9.59 Å². The zero-order valence-electron chi connectivity index (χ0n) is 12.0. The highest BCUT2D eigenvalue weighted by molar-refractivity contribution is 7.17. The summed E-state index contributed by atoms with van der Waals surface area (Å²) in [5, 5.41) is 2.80. The summed E-state index contributed by atoms with van der Waals surface area (Å²) >= 11 is 1.32. The van der Waals surface area contributed by atoms with Crippen LogP contribution in [0, 0.1) is 5.92 Å². The molecule has 1 heterocycles. The fourth-order valence-corrected chi connectivity index (χ4v) is 3.86. The van der Waals surface area contributed by atoms with E-state index in [2.05, 4.69) is 17.0 Å². The second kappa shape index (κ2) is 6.26. The lowest BCUT2D eigenvalue weighted by atomic mass is 9.88. The number of nitrogens with two attached hydrogens (primary N) is 1. The fraction of sp³-hybridized carbons (Fsp3) is 0.500. The number of esters is 1. The Morgan fingerprint density at radius 3 is 2.76 bits per heavy atom. The van der Waals surface area contributed by atoms with Crippen LogP contribution >= 0.6 is 11.3 Å². The van der Waals surface area contributed by atoms with Gasteiger partial charge in [-0.15, -0.1) is 11.3 Å². The highest BCUT2D eigenvalue weighted by atomic mass is 32.1. The van der Waals surface area contributed by atoms with Crippen molar-refractivity contribution in [2.45, 2.75) is 33.1 Å². The van der Waals surface area contributed by atoms with Crippen LogP contribution in [0.4, 0.5) is 5.00 Å². The van der Waals surface area contributed by atoms with Crippen molar-refractivity contribution in [1.82, 2.24) is 0 Å². The predicted octanol–water partition coefficient (Wildman–Crippen LogP) is 1.47. The summed E-state index contributed by atoms with van der Waals surface area (Å²) in [6.45, 7) is 3.88. The molecule has 21 heavy (non-hydrogen) atoms. The lowest BCUT2D eigenvalue weighted by Crippen LogP contribution is -2.26. The number of rotatable bonds is 3. The molecule has 1 aromatic heterocycles. The Bertz CT molecular complexity index is 594. The van der Waals surface area contributed by atoms with Crippen LogP contribution in [-0.2, 0) is 27.2 Å². The van der Waals surface area contributed by atoms with Gasteiger partial charge in [0.25, 0.3) is 5.91 Å². The molecule has 1 aliphatic rings. The maximum Gasteiger partial charge on any atom is 0.397 e. The van der Waals surface area contributed by atoms with Crippen molar-refractivity contribution in [2.75, 3.05) is 11.9 Å². The summed E-state index contributed by atoms with van der Waals surface area (Å²) in [6.07, 6.45) is 2.60. The first kappa shape index (κ1) is 15.5. The molecule has 0 fully saturated rings. The van der Waals surface area contributed by atoms with Crippen molar-refractivity contribution in [3.8, 4) is 0 Å². The quantitative estimate of drug-likeness (QED) is 0.652. The molecule has 0 radical (unpaired) electrons. The topological polar surface area (TPSA) is 98.5 Å². The second-order valence-corrected chi connectivity index (χ2v) is 6.20. The number of hydrogen-bond donors (Lipinski definition) is 2. The van der Waals surface area contributed by atoms with Gasteiger partial charge in [0.1, 0.15) is 5.00 Å². The molecule has 2 amide bonds. The first-order valence-corrected chi connectivity index (χ1v) is 7.68.